The maximum absolute atomic E-state index is 12.8. The third kappa shape index (κ3) is 2.13. The standard InChI is InChI=1S/C10H8F2N4/c11-10(12)9-6(1-2-13)5-16-8(4-15)7(9)3-14/h5,10H,1,4,15H2. The molecule has 1 aromatic rings. The molecule has 1 heterocycles. The second-order valence-corrected chi connectivity index (χ2v) is 2.97. The third-order valence-electron chi connectivity index (χ3n) is 2.07. The summed E-state index contributed by atoms with van der Waals surface area (Å²) in [5.74, 6) is 0. The number of aromatic nitrogens is 1. The number of nitrogens with zero attached hydrogens (tertiary/aromatic N) is 3. The van der Waals surface area contributed by atoms with Gasteiger partial charge in [-0.25, -0.2) is 8.78 Å². The molecule has 1 rings (SSSR count). The SMILES string of the molecule is N#CCc1cnc(CN)c(C#N)c1C(F)F. The Labute approximate surface area is 90.9 Å². The van der Waals surface area contributed by atoms with Crippen LogP contribution in [0.25, 0.3) is 0 Å². The van der Waals surface area contributed by atoms with E-state index in [-0.39, 0.29) is 29.8 Å². The van der Waals surface area contributed by atoms with Gasteiger partial charge in [-0.05, 0) is 5.56 Å². The fourth-order valence-corrected chi connectivity index (χ4v) is 1.36. The summed E-state index contributed by atoms with van der Waals surface area (Å²) in [6, 6.07) is 3.42. The predicted molar refractivity (Wildman–Crippen MR) is 51.1 cm³/mol. The molecule has 0 radical (unpaired) electrons. The molecule has 0 aliphatic heterocycles. The summed E-state index contributed by atoms with van der Waals surface area (Å²) in [4.78, 5) is 3.80. The highest BCUT2D eigenvalue weighted by Crippen LogP contribution is 2.27. The molecule has 0 fully saturated rings. The first kappa shape index (κ1) is 12.0. The highest BCUT2D eigenvalue weighted by Gasteiger charge is 2.21. The van der Waals surface area contributed by atoms with Crippen LogP contribution in [0.3, 0.4) is 0 Å². The van der Waals surface area contributed by atoms with E-state index < -0.39 is 12.0 Å². The molecule has 0 aliphatic rings. The van der Waals surface area contributed by atoms with Crippen LogP contribution < -0.4 is 5.73 Å². The number of rotatable bonds is 3. The highest BCUT2D eigenvalue weighted by molar-refractivity contribution is 5.46. The summed E-state index contributed by atoms with van der Waals surface area (Å²) in [5, 5.41) is 17.3. The van der Waals surface area contributed by atoms with E-state index in [1.165, 1.54) is 6.20 Å². The van der Waals surface area contributed by atoms with Crippen molar-refractivity contribution in [2.45, 2.75) is 19.4 Å². The van der Waals surface area contributed by atoms with E-state index in [0.29, 0.717) is 0 Å². The average molecular weight is 222 g/mol. The van der Waals surface area contributed by atoms with Gasteiger partial charge in [0.25, 0.3) is 6.43 Å². The van der Waals surface area contributed by atoms with Crippen LogP contribution in [0, 0.1) is 22.7 Å². The maximum Gasteiger partial charge on any atom is 0.265 e. The van der Waals surface area contributed by atoms with Crippen molar-refractivity contribution < 1.29 is 8.78 Å². The minimum Gasteiger partial charge on any atom is -0.325 e. The molecule has 0 saturated heterocycles. The van der Waals surface area contributed by atoms with Crippen LogP contribution in [0.4, 0.5) is 8.78 Å². The van der Waals surface area contributed by atoms with Gasteiger partial charge in [-0.2, -0.15) is 10.5 Å². The third-order valence-corrected chi connectivity index (χ3v) is 2.07. The van der Waals surface area contributed by atoms with E-state index in [1.807, 2.05) is 0 Å². The molecule has 0 unspecified atom stereocenters. The van der Waals surface area contributed by atoms with E-state index >= 15 is 0 Å². The molecule has 2 N–H and O–H groups in total. The van der Waals surface area contributed by atoms with Crippen LogP contribution in [0.1, 0.15) is 28.8 Å². The molecular weight excluding hydrogens is 214 g/mol. The van der Waals surface area contributed by atoms with Gasteiger partial charge in [-0.15, -0.1) is 0 Å². The Kier molecular flexibility index (Phi) is 3.87. The molecule has 0 saturated carbocycles. The Morgan fingerprint density at radius 1 is 1.44 bits per heavy atom. The minimum absolute atomic E-state index is 0.0752. The largest absolute Gasteiger partial charge is 0.325 e. The Morgan fingerprint density at radius 3 is 2.56 bits per heavy atom. The molecule has 16 heavy (non-hydrogen) atoms. The Bertz CT molecular complexity index is 471. The lowest BCUT2D eigenvalue weighted by Gasteiger charge is -2.10. The van der Waals surface area contributed by atoms with Crippen LogP contribution in [0.2, 0.25) is 0 Å². The van der Waals surface area contributed by atoms with E-state index in [1.54, 1.807) is 12.1 Å². The van der Waals surface area contributed by atoms with Gasteiger partial charge in [0.15, 0.2) is 0 Å². The average Bonchev–Trinajstić information content (AvgIpc) is 2.28. The van der Waals surface area contributed by atoms with Crippen molar-refractivity contribution >= 4 is 0 Å². The van der Waals surface area contributed by atoms with E-state index in [4.69, 9.17) is 16.3 Å². The topological polar surface area (TPSA) is 86.5 Å². The minimum atomic E-state index is -2.81. The molecule has 6 heteroatoms. The van der Waals surface area contributed by atoms with Gasteiger partial charge in [0.05, 0.1) is 23.7 Å². The first-order chi connectivity index (χ1) is 7.65. The number of nitrogens with two attached hydrogens (primary N) is 1. The number of nitriles is 2. The first-order valence-corrected chi connectivity index (χ1v) is 4.41. The zero-order valence-electron chi connectivity index (χ0n) is 8.24. The number of hydrogen-bond acceptors (Lipinski definition) is 4. The molecule has 0 amide bonds. The fourth-order valence-electron chi connectivity index (χ4n) is 1.36. The Morgan fingerprint density at radius 2 is 2.12 bits per heavy atom. The van der Waals surface area contributed by atoms with Gasteiger partial charge >= 0.3 is 0 Å². The number of halogens is 2. The fraction of sp³-hybridized carbons (Fsp3) is 0.300. The summed E-state index contributed by atoms with van der Waals surface area (Å²) in [5.41, 5.74) is 4.85. The number of hydrogen-bond donors (Lipinski definition) is 1. The lowest BCUT2D eigenvalue weighted by Crippen LogP contribution is -2.09. The summed E-state index contributed by atoms with van der Waals surface area (Å²) >= 11 is 0. The molecule has 4 nitrogen and oxygen atoms in total. The van der Waals surface area contributed by atoms with Crippen molar-refractivity contribution in [3.63, 3.8) is 0 Å². The van der Waals surface area contributed by atoms with E-state index in [0.717, 1.165) is 0 Å². The second kappa shape index (κ2) is 5.15. The summed E-state index contributed by atoms with van der Waals surface area (Å²) < 4.78 is 25.6. The van der Waals surface area contributed by atoms with E-state index in [9.17, 15) is 8.78 Å². The quantitative estimate of drug-likeness (QED) is 0.837. The zero-order valence-corrected chi connectivity index (χ0v) is 8.24. The van der Waals surface area contributed by atoms with Crippen molar-refractivity contribution in [2.75, 3.05) is 0 Å². The Balaban J connectivity index is 3.47. The van der Waals surface area contributed by atoms with Crippen LogP contribution in [0.5, 0.6) is 0 Å². The molecule has 1 aromatic heterocycles. The lowest BCUT2D eigenvalue weighted by molar-refractivity contribution is 0.150. The smallest absolute Gasteiger partial charge is 0.265 e. The van der Waals surface area contributed by atoms with Gasteiger partial charge in [0, 0.05) is 18.3 Å². The number of pyridine rings is 1. The molecule has 82 valence electrons. The van der Waals surface area contributed by atoms with Crippen LogP contribution >= 0.6 is 0 Å². The summed E-state index contributed by atoms with van der Waals surface area (Å²) in [6.45, 7) is -0.0879. The monoisotopic (exact) mass is 222 g/mol. The summed E-state index contributed by atoms with van der Waals surface area (Å²) in [7, 11) is 0. The van der Waals surface area contributed by atoms with Crippen molar-refractivity contribution in [1.29, 1.82) is 10.5 Å². The predicted octanol–water partition coefficient (Wildman–Crippen LogP) is 1.42. The molecule has 0 spiro atoms. The van der Waals surface area contributed by atoms with Crippen molar-refractivity contribution in [3.05, 3.63) is 28.6 Å². The van der Waals surface area contributed by atoms with Crippen LogP contribution in [-0.2, 0) is 13.0 Å². The van der Waals surface area contributed by atoms with Crippen LogP contribution in [-0.4, -0.2) is 4.98 Å². The van der Waals surface area contributed by atoms with Crippen molar-refractivity contribution in [3.8, 4) is 12.1 Å². The molecule has 0 atom stereocenters. The van der Waals surface area contributed by atoms with Crippen molar-refractivity contribution in [2.24, 2.45) is 5.73 Å². The van der Waals surface area contributed by atoms with Gasteiger partial charge in [-0.3, -0.25) is 4.98 Å². The lowest BCUT2D eigenvalue weighted by atomic mass is 10.0. The van der Waals surface area contributed by atoms with Crippen LogP contribution in [0.15, 0.2) is 6.20 Å². The van der Waals surface area contributed by atoms with Gasteiger partial charge < -0.3 is 5.73 Å². The molecule has 0 aromatic carbocycles. The second-order valence-electron chi connectivity index (χ2n) is 2.97. The first-order valence-electron chi connectivity index (χ1n) is 4.41. The Hall–Kier alpha value is -2.05. The van der Waals surface area contributed by atoms with Gasteiger partial charge in [-0.1, -0.05) is 0 Å². The van der Waals surface area contributed by atoms with Gasteiger partial charge in [0.1, 0.15) is 6.07 Å². The summed E-state index contributed by atoms with van der Waals surface area (Å²) in [6.07, 6.45) is -1.84. The molecule has 0 aliphatic carbocycles. The maximum atomic E-state index is 12.8. The zero-order chi connectivity index (χ0) is 12.1. The molecular formula is C10H8F2N4. The number of alkyl halides is 2. The highest BCUT2D eigenvalue weighted by atomic mass is 19.3. The normalized spacial score (nSPS) is 9.88. The van der Waals surface area contributed by atoms with Crippen molar-refractivity contribution in [1.82, 2.24) is 4.98 Å². The van der Waals surface area contributed by atoms with E-state index in [2.05, 4.69) is 4.98 Å². The van der Waals surface area contributed by atoms with Gasteiger partial charge in [0.2, 0.25) is 0 Å². The molecule has 0 bridgehead atoms.